The van der Waals surface area contributed by atoms with E-state index in [-0.39, 0.29) is 0 Å². The molecule has 0 saturated heterocycles. The van der Waals surface area contributed by atoms with Crippen molar-refractivity contribution in [2.75, 3.05) is 11.9 Å². The number of benzene rings is 1. The average Bonchev–Trinajstić information content (AvgIpc) is 2.26. The van der Waals surface area contributed by atoms with Crippen LogP contribution in [0.15, 0.2) is 28.7 Å². The largest absolute Gasteiger partial charge is 0.379 e. The lowest BCUT2D eigenvalue weighted by Gasteiger charge is -2.15. The number of ether oxygens (including phenoxy) is 1. The predicted molar refractivity (Wildman–Crippen MR) is 76.4 cm³/mol. The molecule has 0 fully saturated rings. The Bertz CT molecular complexity index is 295. The number of alkyl halides is 1. The van der Waals surface area contributed by atoms with Gasteiger partial charge in [0.2, 0.25) is 0 Å². The molecule has 0 radical (unpaired) electrons. The quantitative estimate of drug-likeness (QED) is 0.674. The Labute approximate surface area is 115 Å². The fourth-order valence-corrected chi connectivity index (χ4v) is 2.48. The van der Waals surface area contributed by atoms with E-state index in [1.54, 1.807) is 0 Å². The molecule has 0 aromatic heterocycles. The summed E-state index contributed by atoms with van der Waals surface area (Å²) in [4.78, 5) is 0. The minimum absolute atomic E-state index is 0.320. The summed E-state index contributed by atoms with van der Waals surface area (Å²) in [7, 11) is 0. The molecule has 0 amide bonds. The van der Waals surface area contributed by atoms with E-state index in [4.69, 9.17) is 4.74 Å². The van der Waals surface area contributed by atoms with E-state index >= 15 is 0 Å². The summed E-state index contributed by atoms with van der Waals surface area (Å²) >= 11 is 7.02. The van der Waals surface area contributed by atoms with Gasteiger partial charge in [0.05, 0.1) is 6.10 Å². The minimum Gasteiger partial charge on any atom is -0.379 e. The van der Waals surface area contributed by atoms with Gasteiger partial charge < -0.3 is 4.74 Å². The normalized spacial score (nSPS) is 13.1. The smallest absolute Gasteiger partial charge is 0.0518 e. The lowest BCUT2D eigenvalue weighted by atomic mass is 9.98. The SMILES string of the molecule is CC(C)OCCC(CBr)c1ccc(Br)cc1. The molecule has 0 N–H and O–H groups in total. The van der Waals surface area contributed by atoms with Crippen LogP contribution in [0.25, 0.3) is 0 Å². The van der Waals surface area contributed by atoms with Gasteiger partial charge in [-0.05, 0) is 43.9 Å². The van der Waals surface area contributed by atoms with Gasteiger partial charge in [-0.25, -0.2) is 0 Å². The van der Waals surface area contributed by atoms with Crippen LogP contribution in [0, 0.1) is 0 Å². The first-order valence-corrected chi connectivity index (χ1v) is 7.48. The van der Waals surface area contributed by atoms with Crippen molar-refractivity contribution < 1.29 is 4.74 Å². The molecule has 0 saturated carbocycles. The van der Waals surface area contributed by atoms with Gasteiger partial charge in [0, 0.05) is 16.4 Å². The van der Waals surface area contributed by atoms with Crippen LogP contribution in [0.1, 0.15) is 31.7 Å². The van der Waals surface area contributed by atoms with Gasteiger partial charge in [-0.1, -0.05) is 44.0 Å². The maximum atomic E-state index is 5.59. The Balaban J connectivity index is 2.50. The Kier molecular flexibility index (Phi) is 6.62. The minimum atomic E-state index is 0.320. The van der Waals surface area contributed by atoms with Crippen LogP contribution in [0.2, 0.25) is 0 Å². The lowest BCUT2D eigenvalue weighted by molar-refractivity contribution is 0.0744. The summed E-state index contributed by atoms with van der Waals surface area (Å²) < 4.78 is 6.72. The molecule has 0 bridgehead atoms. The fourth-order valence-electron chi connectivity index (χ4n) is 1.51. The van der Waals surface area contributed by atoms with Gasteiger partial charge in [0.1, 0.15) is 0 Å². The van der Waals surface area contributed by atoms with Crippen LogP contribution in [0.5, 0.6) is 0 Å². The van der Waals surface area contributed by atoms with E-state index < -0.39 is 0 Å². The molecule has 1 nitrogen and oxygen atoms in total. The fraction of sp³-hybridized carbons (Fsp3) is 0.538. The lowest BCUT2D eigenvalue weighted by Crippen LogP contribution is -2.09. The predicted octanol–water partition coefficient (Wildman–Crippen LogP) is 4.74. The summed E-state index contributed by atoms with van der Waals surface area (Å²) in [5.74, 6) is 0.534. The third-order valence-corrected chi connectivity index (χ3v) is 3.76. The molecular weight excluding hydrogens is 332 g/mol. The molecule has 0 aliphatic rings. The zero-order valence-electron chi connectivity index (χ0n) is 9.75. The van der Waals surface area contributed by atoms with Crippen molar-refractivity contribution >= 4 is 31.9 Å². The van der Waals surface area contributed by atoms with Crippen LogP contribution in [-0.2, 0) is 4.74 Å². The van der Waals surface area contributed by atoms with Gasteiger partial charge in [0.25, 0.3) is 0 Å². The van der Waals surface area contributed by atoms with Gasteiger partial charge in [-0.2, -0.15) is 0 Å². The van der Waals surface area contributed by atoms with Gasteiger partial charge in [-0.15, -0.1) is 0 Å². The highest BCUT2D eigenvalue weighted by Crippen LogP contribution is 2.23. The number of halogens is 2. The van der Waals surface area contributed by atoms with Crippen molar-refractivity contribution in [1.29, 1.82) is 0 Å². The van der Waals surface area contributed by atoms with Crippen molar-refractivity contribution in [2.45, 2.75) is 32.3 Å². The van der Waals surface area contributed by atoms with E-state index in [0.29, 0.717) is 12.0 Å². The highest BCUT2D eigenvalue weighted by Gasteiger charge is 2.10. The maximum Gasteiger partial charge on any atom is 0.0518 e. The molecule has 1 atom stereocenters. The van der Waals surface area contributed by atoms with Gasteiger partial charge in [-0.3, -0.25) is 0 Å². The first-order chi connectivity index (χ1) is 7.63. The number of hydrogen-bond acceptors (Lipinski definition) is 1. The van der Waals surface area contributed by atoms with Gasteiger partial charge in [0.15, 0.2) is 0 Å². The van der Waals surface area contributed by atoms with Gasteiger partial charge >= 0.3 is 0 Å². The first-order valence-electron chi connectivity index (χ1n) is 5.56. The standard InChI is InChI=1S/C13H18Br2O/c1-10(2)16-8-7-12(9-14)11-3-5-13(15)6-4-11/h3-6,10,12H,7-9H2,1-2H3. The third-order valence-electron chi connectivity index (χ3n) is 2.45. The summed E-state index contributed by atoms with van der Waals surface area (Å²) in [5, 5.41) is 0.982. The van der Waals surface area contributed by atoms with Crippen molar-refractivity contribution in [1.82, 2.24) is 0 Å². The van der Waals surface area contributed by atoms with Crippen molar-refractivity contribution in [3.05, 3.63) is 34.3 Å². The third kappa shape index (κ3) is 4.98. The second kappa shape index (κ2) is 7.46. The molecule has 1 aromatic carbocycles. The maximum absolute atomic E-state index is 5.59. The van der Waals surface area contributed by atoms with Crippen molar-refractivity contribution in [3.8, 4) is 0 Å². The molecule has 1 aromatic rings. The summed E-state index contributed by atoms with van der Waals surface area (Å²) in [5.41, 5.74) is 1.37. The summed E-state index contributed by atoms with van der Waals surface area (Å²) in [6, 6.07) is 8.53. The Morgan fingerprint density at radius 1 is 1.19 bits per heavy atom. The van der Waals surface area contributed by atoms with Crippen LogP contribution >= 0.6 is 31.9 Å². The average molecular weight is 350 g/mol. The Hall–Kier alpha value is 0.140. The monoisotopic (exact) mass is 348 g/mol. The molecular formula is C13H18Br2O. The van der Waals surface area contributed by atoms with E-state index in [2.05, 4.69) is 70.0 Å². The Morgan fingerprint density at radius 2 is 1.81 bits per heavy atom. The molecule has 16 heavy (non-hydrogen) atoms. The zero-order chi connectivity index (χ0) is 12.0. The highest BCUT2D eigenvalue weighted by atomic mass is 79.9. The molecule has 1 rings (SSSR count). The topological polar surface area (TPSA) is 9.23 Å². The zero-order valence-corrected chi connectivity index (χ0v) is 12.9. The van der Waals surface area contributed by atoms with Crippen LogP contribution < -0.4 is 0 Å². The van der Waals surface area contributed by atoms with E-state index in [0.717, 1.165) is 22.8 Å². The van der Waals surface area contributed by atoms with E-state index in [9.17, 15) is 0 Å². The second-order valence-electron chi connectivity index (χ2n) is 4.11. The van der Waals surface area contributed by atoms with Crippen molar-refractivity contribution in [3.63, 3.8) is 0 Å². The second-order valence-corrected chi connectivity index (χ2v) is 5.67. The number of hydrogen-bond donors (Lipinski definition) is 0. The van der Waals surface area contributed by atoms with Crippen LogP contribution in [0.3, 0.4) is 0 Å². The molecule has 0 aliphatic carbocycles. The first kappa shape index (κ1) is 14.2. The summed E-state index contributed by atoms with van der Waals surface area (Å²) in [6.45, 7) is 4.97. The molecule has 0 heterocycles. The molecule has 0 aliphatic heterocycles. The van der Waals surface area contributed by atoms with Crippen LogP contribution in [-0.4, -0.2) is 18.0 Å². The van der Waals surface area contributed by atoms with E-state index in [1.165, 1.54) is 5.56 Å². The molecule has 1 unspecified atom stereocenters. The molecule has 90 valence electrons. The highest BCUT2D eigenvalue weighted by molar-refractivity contribution is 9.10. The Morgan fingerprint density at radius 3 is 2.31 bits per heavy atom. The number of rotatable bonds is 6. The summed E-state index contributed by atoms with van der Waals surface area (Å²) in [6.07, 6.45) is 1.38. The van der Waals surface area contributed by atoms with E-state index in [1.807, 2.05) is 0 Å². The van der Waals surface area contributed by atoms with Crippen molar-refractivity contribution in [2.24, 2.45) is 0 Å². The molecule has 3 heteroatoms. The molecule has 0 spiro atoms. The van der Waals surface area contributed by atoms with Crippen LogP contribution in [0.4, 0.5) is 0 Å².